The van der Waals surface area contributed by atoms with Crippen LogP contribution in [0.15, 0.2) is 24.3 Å². The van der Waals surface area contributed by atoms with E-state index in [1.54, 1.807) is 7.11 Å². The van der Waals surface area contributed by atoms with Gasteiger partial charge in [-0.15, -0.1) is 0 Å². The molecule has 0 spiro atoms. The number of methoxy groups -OCH3 is 1. The molecule has 0 bridgehead atoms. The molecule has 2 N–H and O–H groups in total. The molecule has 1 fully saturated rings. The number of carboxylic acid groups (broad SMARTS) is 1. The number of nitrogens with one attached hydrogen (secondary N) is 1. The lowest BCUT2D eigenvalue weighted by molar-refractivity contribution is -0.149. The Kier molecular flexibility index (Phi) is 4.76. The highest BCUT2D eigenvalue weighted by Gasteiger charge is 2.29. The van der Waals surface area contributed by atoms with Crippen LogP contribution in [0.5, 0.6) is 5.75 Å². The SMILES string of the molecule is COc1cccc(CNCC2CCC(C(=O)O)O2)c1. The average molecular weight is 265 g/mol. The van der Waals surface area contributed by atoms with Gasteiger partial charge in [-0.2, -0.15) is 0 Å². The Hall–Kier alpha value is -1.59. The molecule has 2 unspecified atom stereocenters. The van der Waals surface area contributed by atoms with Gasteiger partial charge in [0.15, 0.2) is 6.10 Å². The topological polar surface area (TPSA) is 67.8 Å². The van der Waals surface area contributed by atoms with Crippen LogP contribution in [0.1, 0.15) is 18.4 Å². The Morgan fingerprint density at radius 1 is 1.53 bits per heavy atom. The first kappa shape index (κ1) is 13.8. The zero-order valence-corrected chi connectivity index (χ0v) is 11.0. The lowest BCUT2D eigenvalue weighted by atomic mass is 10.2. The molecular weight excluding hydrogens is 246 g/mol. The summed E-state index contributed by atoms with van der Waals surface area (Å²) in [6, 6.07) is 7.84. The number of benzene rings is 1. The van der Waals surface area contributed by atoms with Crippen LogP contribution in [-0.4, -0.2) is 36.9 Å². The van der Waals surface area contributed by atoms with E-state index in [-0.39, 0.29) is 6.10 Å². The van der Waals surface area contributed by atoms with E-state index in [4.69, 9.17) is 14.6 Å². The van der Waals surface area contributed by atoms with Crippen molar-refractivity contribution in [2.75, 3.05) is 13.7 Å². The van der Waals surface area contributed by atoms with Gasteiger partial charge in [0, 0.05) is 13.1 Å². The zero-order chi connectivity index (χ0) is 13.7. The molecule has 104 valence electrons. The highest BCUT2D eigenvalue weighted by molar-refractivity contribution is 5.72. The molecule has 1 aromatic rings. The molecule has 2 rings (SSSR count). The fourth-order valence-corrected chi connectivity index (χ4v) is 2.20. The molecule has 1 aliphatic rings. The normalized spacial score (nSPS) is 22.4. The number of hydrogen-bond acceptors (Lipinski definition) is 4. The molecule has 1 saturated heterocycles. The molecule has 1 aromatic carbocycles. The number of hydrogen-bond donors (Lipinski definition) is 2. The van der Waals surface area contributed by atoms with Gasteiger partial charge in [0.1, 0.15) is 5.75 Å². The summed E-state index contributed by atoms with van der Waals surface area (Å²) in [4.78, 5) is 10.8. The first-order valence-corrected chi connectivity index (χ1v) is 6.41. The quantitative estimate of drug-likeness (QED) is 0.814. The van der Waals surface area contributed by atoms with Crippen molar-refractivity contribution in [1.29, 1.82) is 0 Å². The van der Waals surface area contributed by atoms with Crippen molar-refractivity contribution >= 4 is 5.97 Å². The fourth-order valence-electron chi connectivity index (χ4n) is 2.20. The van der Waals surface area contributed by atoms with Gasteiger partial charge >= 0.3 is 5.97 Å². The van der Waals surface area contributed by atoms with Crippen molar-refractivity contribution in [2.24, 2.45) is 0 Å². The second kappa shape index (κ2) is 6.54. The number of aliphatic carboxylic acids is 1. The standard InChI is InChI=1S/C14H19NO4/c1-18-11-4-2-3-10(7-11)8-15-9-12-5-6-13(19-12)14(16)17/h2-4,7,12-13,15H,5-6,8-9H2,1H3,(H,16,17). The molecule has 0 aromatic heterocycles. The van der Waals surface area contributed by atoms with Crippen molar-refractivity contribution in [3.05, 3.63) is 29.8 Å². The van der Waals surface area contributed by atoms with Crippen LogP contribution < -0.4 is 10.1 Å². The lowest BCUT2D eigenvalue weighted by Gasteiger charge is -2.12. The molecule has 0 saturated carbocycles. The maximum absolute atomic E-state index is 10.8. The predicted octanol–water partition coefficient (Wildman–Crippen LogP) is 1.42. The summed E-state index contributed by atoms with van der Waals surface area (Å²) in [7, 11) is 1.64. The van der Waals surface area contributed by atoms with E-state index in [1.807, 2.05) is 24.3 Å². The molecular formula is C14H19NO4. The van der Waals surface area contributed by atoms with E-state index in [2.05, 4.69) is 5.32 Å². The maximum Gasteiger partial charge on any atom is 0.332 e. The Morgan fingerprint density at radius 3 is 3.05 bits per heavy atom. The monoisotopic (exact) mass is 265 g/mol. The van der Waals surface area contributed by atoms with Gasteiger partial charge < -0.3 is 19.9 Å². The van der Waals surface area contributed by atoms with Crippen molar-refractivity contribution < 1.29 is 19.4 Å². The average Bonchev–Trinajstić information content (AvgIpc) is 2.88. The van der Waals surface area contributed by atoms with Crippen molar-refractivity contribution in [3.8, 4) is 5.75 Å². The number of carboxylic acids is 1. The van der Waals surface area contributed by atoms with Gasteiger partial charge in [-0.05, 0) is 30.5 Å². The minimum Gasteiger partial charge on any atom is -0.497 e. The summed E-state index contributed by atoms with van der Waals surface area (Å²) in [6.07, 6.45) is 0.749. The van der Waals surface area contributed by atoms with Crippen molar-refractivity contribution in [3.63, 3.8) is 0 Å². The third-order valence-corrected chi connectivity index (χ3v) is 3.22. The summed E-state index contributed by atoms with van der Waals surface area (Å²) in [5, 5.41) is 12.1. The van der Waals surface area contributed by atoms with Gasteiger partial charge in [-0.25, -0.2) is 4.79 Å². The Balaban J connectivity index is 1.73. The van der Waals surface area contributed by atoms with Crippen LogP contribution in [0.2, 0.25) is 0 Å². The van der Waals surface area contributed by atoms with E-state index in [1.165, 1.54) is 0 Å². The van der Waals surface area contributed by atoms with Gasteiger partial charge in [0.25, 0.3) is 0 Å². The molecule has 5 heteroatoms. The number of carbonyl (C=O) groups is 1. The summed E-state index contributed by atoms with van der Waals surface area (Å²) in [5.74, 6) is -0.0300. The van der Waals surface area contributed by atoms with E-state index >= 15 is 0 Å². The molecule has 2 atom stereocenters. The van der Waals surface area contributed by atoms with Crippen LogP contribution in [0.25, 0.3) is 0 Å². The Bertz CT molecular complexity index is 435. The number of rotatable bonds is 6. The lowest BCUT2D eigenvalue weighted by Crippen LogP contribution is -2.28. The zero-order valence-electron chi connectivity index (χ0n) is 11.0. The highest BCUT2D eigenvalue weighted by Crippen LogP contribution is 2.19. The molecule has 0 amide bonds. The van der Waals surface area contributed by atoms with Crippen LogP contribution in [0, 0.1) is 0 Å². The number of ether oxygens (including phenoxy) is 2. The van der Waals surface area contributed by atoms with Crippen molar-refractivity contribution in [1.82, 2.24) is 5.32 Å². The first-order valence-electron chi connectivity index (χ1n) is 6.41. The van der Waals surface area contributed by atoms with Crippen LogP contribution in [0.3, 0.4) is 0 Å². The van der Waals surface area contributed by atoms with Crippen LogP contribution in [-0.2, 0) is 16.1 Å². The van der Waals surface area contributed by atoms with Crippen LogP contribution >= 0.6 is 0 Å². The third-order valence-electron chi connectivity index (χ3n) is 3.22. The highest BCUT2D eigenvalue weighted by atomic mass is 16.5. The second-order valence-corrected chi connectivity index (χ2v) is 4.64. The maximum atomic E-state index is 10.8. The smallest absolute Gasteiger partial charge is 0.332 e. The van der Waals surface area contributed by atoms with E-state index in [0.717, 1.165) is 24.3 Å². The summed E-state index contributed by atoms with van der Waals surface area (Å²) in [6.45, 7) is 1.38. The minimum atomic E-state index is -0.865. The van der Waals surface area contributed by atoms with E-state index in [9.17, 15) is 4.79 Å². The summed E-state index contributed by atoms with van der Waals surface area (Å²) >= 11 is 0. The molecule has 19 heavy (non-hydrogen) atoms. The fraction of sp³-hybridized carbons (Fsp3) is 0.500. The third kappa shape index (κ3) is 3.94. The largest absolute Gasteiger partial charge is 0.497 e. The van der Waals surface area contributed by atoms with Gasteiger partial charge in [0.2, 0.25) is 0 Å². The molecule has 0 radical (unpaired) electrons. The Labute approximate surface area is 112 Å². The molecule has 0 aliphatic carbocycles. The molecule has 1 aliphatic heterocycles. The van der Waals surface area contributed by atoms with Crippen LogP contribution in [0.4, 0.5) is 0 Å². The van der Waals surface area contributed by atoms with Gasteiger partial charge in [-0.1, -0.05) is 12.1 Å². The Morgan fingerprint density at radius 2 is 2.37 bits per heavy atom. The van der Waals surface area contributed by atoms with E-state index in [0.29, 0.717) is 13.0 Å². The van der Waals surface area contributed by atoms with Crippen molar-refractivity contribution in [2.45, 2.75) is 31.6 Å². The summed E-state index contributed by atoms with van der Waals surface area (Å²) < 4.78 is 10.6. The first-order chi connectivity index (χ1) is 9.19. The predicted molar refractivity (Wildman–Crippen MR) is 70.2 cm³/mol. The summed E-state index contributed by atoms with van der Waals surface area (Å²) in [5.41, 5.74) is 1.13. The van der Waals surface area contributed by atoms with E-state index < -0.39 is 12.1 Å². The molecule has 1 heterocycles. The molecule has 5 nitrogen and oxygen atoms in total. The second-order valence-electron chi connectivity index (χ2n) is 4.64. The van der Waals surface area contributed by atoms with Gasteiger partial charge in [0.05, 0.1) is 13.2 Å². The minimum absolute atomic E-state index is 0.00768. The van der Waals surface area contributed by atoms with Gasteiger partial charge in [-0.3, -0.25) is 0 Å².